The van der Waals surface area contributed by atoms with Crippen molar-refractivity contribution in [2.75, 3.05) is 12.9 Å². The van der Waals surface area contributed by atoms with Crippen LogP contribution < -0.4 is 5.32 Å². The highest BCUT2D eigenvalue weighted by Gasteiger charge is 2.04. The Morgan fingerprint density at radius 2 is 0.634 bits per heavy atom. The highest BCUT2D eigenvalue weighted by Crippen LogP contribution is 2.15. The lowest BCUT2D eigenvalue weighted by molar-refractivity contribution is 0.319. The van der Waals surface area contributed by atoms with Gasteiger partial charge >= 0.3 is 0 Å². The van der Waals surface area contributed by atoms with Crippen molar-refractivity contribution in [3.63, 3.8) is 0 Å². The van der Waals surface area contributed by atoms with Gasteiger partial charge in [0, 0.05) is 26.2 Å². The number of nitrogens with one attached hydrogen (secondary N) is 1. The summed E-state index contributed by atoms with van der Waals surface area (Å²) in [7, 11) is 2.19. The molecule has 0 unspecified atom stereocenters. The molecular weight excluding hydrogens is 564 g/mol. The van der Waals surface area contributed by atoms with Gasteiger partial charge in [0.1, 0.15) is 0 Å². The minimum atomic E-state index is 0.926. The van der Waals surface area contributed by atoms with Gasteiger partial charge < -0.3 is 5.32 Å². The van der Waals surface area contributed by atoms with E-state index in [1.165, 1.54) is 66.8 Å². The molecule has 0 saturated heterocycles. The van der Waals surface area contributed by atoms with E-state index in [0.29, 0.717) is 0 Å². The molecule has 4 rings (SSSR count). The van der Waals surface area contributed by atoms with Crippen LogP contribution in [0.15, 0.2) is 72.8 Å². The van der Waals surface area contributed by atoms with E-state index in [1.807, 2.05) is 5.83 Å². The van der Waals surface area contributed by atoms with Crippen molar-refractivity contribution in [3.05, 3.63) is 140 Å². The first kappa shape index (κ1) is 34.5. The third kappa shape index (κ3) is 13.2. The van der Waals surface area contributed by atoms with E-state index in [0.717, 1.165) is 26.2 Å². The normalized spacial score (nSPS) is 10.5. The van der Waals surface area contributed by atoms with E-state index in [4.69, 9.17) is 0 Å². The van der Waals surface area contributed by atoms with Gasteiger partial charge in [-0.25, -0.2) is 0 Å². The maximum Gasteiger partial charge on any atom is 0.0234 e. The first-order valence-corrected chi connectivity index (χ1v) is 16.1. The van der Waals surface area contributed by atoms with Crippen molar-refractivity contribution in [1.29, 1.82) is 0 Å². The second kappa shape index (κ2) is 17.3. The summed E-state index contributed by atoms with van der Waals surface area (Å²) < 4.78 is 0. The first-order valence-electron chi connectivity index (χ1n) is 14.5. The average molecular weight is 616 g/mol. The van der Waals surface area contributed by atoms with Crippen LogP contribution in [-0.4, -0.2) is 17.8 Å². The topological polar surface area (TPSA) is 15.3 Å². The summed E-state index contributed by atoms with van der Waals surface area (Å²) in [6.45, 7) is 21.1. The number of rotatable bonds is 8. The number of halogens is 1. The maximum atomic E-state index is 3.53. The summed E-state index contributed by atoms with van der Waals surface area (Å²) in [5.41, 5.74) is 16.3. The molecule has 0 amide bonds. The van der Waals surface area contributed by atoms with Crippen LogP contribution in [0.4, 0.5) is 0 Å². The lowest BCUT2D eigenvalue weighted by Gasteiger charge is -2.18. The molecular formula is C38H51BrN2. The molecule has 0 aliphatic rings. The molecule has 0 spiro atoms. The van der Waals surface area contributed by atoms with Crippen molar-refractivity contribution in [2.45, 2.75) is 81.6 Å². The number of hydrogen-bond donors (Lipinski definition) is 1. The van der Waals surface area contributed by atoms with Gasteiger partial charge in [-0.05, 0) is 90.5 Å². The quantitative estimate of drug-likeness (QED) is 0.199. The van der Waals surface area contributed by atoms with Crippen LogP contribution in [0, 0.1) is 55.4 Å². The van der Waals surface area contributed by atoms with E-state index in [-0.39, 0.29) is 0 Å². The van der Waals surface area contributed by atoms with Crippen LogP contribution in [0.5, 0.6) is 0 Å². The van der Waals surface area contributed by atoms with Crippen molar-refractivity contribution < 1.29 is 0 Å². The smallest absolute Gasteiger partial charge is 0.0234 e. The van der Waals surface area contributed by atoms with Gasteiger partial charge in [0.05, 0.1) is 0 Å². The number of aryl methyl sites for hydroxylation is 8. The molecule has 0 aliphatic carbocycles. The van der Waals surface area contributed by atoms with E-state index < -0.39 is 0 Å². The predicted octanol–water partition coefficient (Wildman–Crippen LogP) is 9.77. The Morgan fingerprint density at radius 1 is 0.415 bits per heavy atom. The molecule has 0 saturated carbocycles. The molecule has 4 aromatic rings. The van der Waals surface area contributed by atoms with Gasteiger partial charge in [-0.3, -0.25) is 4.90 Å². The molecule has 0 radical (unpaired) electrons. The molecule has 220 valence electrons. The van der Waals surface area contributed by atoms with Crippen molar-refractivity contribution in [2.24, 2.45) is 0 Å². The molecule has 3 heteroatoms. The van der Waals surface area contributed by atoms with E-state index >= 15 is 0 Å². The highest BCUT2D eigenvalue weighted by atomic mass is 79.9. The summed E-state index contributed by atoms with van der Waals surface area (Å²) in [6, 6.07) is 27.0. The Balaban J connectivity index is 0.000000271. The highest BCUT2D eigenvalue weighted by molar-refractivity contribution is 9.08. The standard InChI is InChI=1S/C19H25N.C18H23N.CH3Br/c1-14-6-15(2)9-18(8-14)12-20(5)13-19-10-16(3)7-17(4)11-19;1-13-5-14(2)8-17(7-13)11-19-12-18-9-15(3)6-16(4)10-18;1-2/h6-11H,12-13H2,1-5H3;5-10,19H,11-12H2,1-4H3;1H3. The molecule has 2 nitrogen and oxygen atoms in total. The third-order valence-electron chi connectivity index (χ3n) is 6.69. The Morgan fingerprint density at radius 3 is 0.878 bits per heavy atom. The Kier molecular flexibility index (Phi) is 14.5. The van der Waals surface area contributed by atoms with Gasteiger partial charge in [0.25, 0.3) is 0 Å². The SMILES string of the molecule is CBr.Cc1cc(C)cc(CN(C)Cc2cc(C)cc(C)c2)c1.Cc1cc(C)cc(CNCc2cc(C)cc(C)c2)c1. The van der Waals surface area contributed by atoms with Crippen LogP contribution in [0.2, 0.25) is 0 Å². The second-order valence-electron chi connectivity index (χ2n) is 11.8. The van der Waals surface area contributed by atoms with Crippen molar-refractivity contribution in [1.82, 2.24) is 10.2 Å². The largest absolute Gasteiger partial charge is 0.309 e. The number of hydrogen-bond acceptors (Lipinski definition) is 2. The number of benzene rings is 4. The molecule has 41 heavy (non-hydrogen) atoms. The maximum absolute atomic E-state index is 3.53. The molecule has 0 fully saturated rings. The van der Waals surface area contributed by atoms with Crippen LogP contribution in [0.3, 0.4) is 0 Å². The zero-order valence-electron chi connectivity index (χ0n) is 27.1. The molecule has 4 aromatic carbocycles. The monoisotopic (exact) mass is 614 g/mol. The van der Waals surface area contributed by atoms with Gasteiger partial charge in [-0.15, -0.1) is 0 Å². The Bertz CT molecular complexity index is 1200. The number of alkyl halides is 1. The second-order valence-corrected chi connectivity index (χ2v) is 11.8. The van der Waals surface area contributed by atoms with Crippen LogP contribution in [-0.2, 0) is 26.2 Å². The Labute approximate surface area is 259 Å². The van der Waals surface area contributed by atoms with Crippen LogP contribution >= 0.6 is 15.9 Å². The Hall–Kier alpha value is -2.72. The minimum Gasteiger partial charge on any atom is -0.309 e. The van der Waals surface area contributed by atoms with E-state index in [9.17, 15) is 0 Å². The zero-order valence-corrected chi connectivity index (χ0v) is 28.7. The molecule has 0 heterocycles. The molecule has 0 aliphatic heterocycles. The minimum absolute atomic E-state index is 0.926. The first-order chi connectivity index (χ1) is 19.4. The molecule has 0 aromatic heterocycles. The summed E-state index contributed by atoms with van der Waals surface area (Å²) in [5.74, 6) is 1.81. The van der Waals surface area contributed by atoms with Gasteiger partial charge in [-0.1, -0.05) is 133 Å². The zero-order chi connectivity index (χ0) is 30.5. The van der Waals surface area contributed by atoms with E-state index in [1.54, 1.807) is 0 Å². The van der Waals surface area contributed by atoms with Crippen molar-refractivity contribution >= 4 is 15.9 Å². The average Bonchev–Trinajstić information content (AvgIpc) is 2.83. The molecule has 1 N–H and O–H groups in total. The molecule has 0 atom stereocenters. The summed E-state index contributed by atoms with van der Waals surface area (Å²) in [5, 5.41) is 3.53. The fourth-order valence-electron chi connectivity index (χ4n) is 5.69. The predicted molar refractivity (Wildman–Crippen MR) is 184 cm³/mol. The summed E-state index contributed by atoms with van der Waals surface area (Å²) in [6.07, 6.45) is 0. The van der Waals surface area contributed by atoms with E-state index in [2.05, 4.69) is 161 Å². The van der Waals surface area contributed by atoms with Gasteiger partial charge in [0.15, 0.2) is 0 Å². The van der Waals surface area contributed by atoms with Crippen molar-refractivity contribution in [3.8, 4) is 0 Å². The number of nitrogens with zero attached hydrogens (tertiary/aromatic N) is 1. The summed E-state index contributed by atoms with van der Waals surface area (Å²) in [4.78, 5) is 2.38. The molecule has 0 bridgehead atoms. The van der Waals surface area contributed by atoms with Crippen LogP contribution in [0.25, 0.3) is 0 Å². The lowest BCUT2D eigenvalue weighted by atomic mass is 10.1. The fraction of sp³-hybridized carbons (Fsp3) is 0.368. The van der Waals surface area contributed by atoms with Gasteiger partial charge in [-0.2, -0.15) is 0 Å². The van der Waals surface area contributed by atoms with Gasteiger partial charge in [0.2, 0.25) is 0 Å². The van der Waals surface area contributed by atoms with Crippen LogP contribution in [0.1, 0.15) is 66.8 Å². The lowest BCUT2D eigenvalue weighted by Crippen LogP contribution is -2.17. The third-order valence-corrected chi connectivity index (χ3v) is 6.69. The summed E-state index contributed by atoms with van der Waals surface area (Å²) >= 11 is 2.94. The fourth-order valence-corrected chi connectivity index (χ4v) is 5.69.